The van der Waals surface area contributed by atoms with E-state index in [-0.39, 0.29) is 6.09 Å². The predicted octanol–water partition coefficient (Wildman–Crippen LogP) is 8.29. The quantitative estimate of drug-likeness (QED) is 0.211. The molecular weight excluding hydrogens is 580 g/mol. The summed E-state index contributed by atoms with van der Waals surface area (Å²) in [5.74, 6) is 0. The number of halogens is 1. The lowest BCUT2D eigenvalue weighted by Gasteiger charge is -2.29. The van der Waals surface area contributed by atoms with Crippen LogP contribution < -0.4 is 0 Å². The number of nitriles is 1. The van der Waals surface area contributed by atoms with Gasteiger partial charge in [-0.2, -0.15) is 5.26 Å². The number of nitrogens with zero attached hydrogens (tertiary/aromatic N) is 4. The van der Waals surface area contributed by atoms with Gasteiger partial charge in [0.25, 0.3) is 0 Å². The van der Waals surface area contributed by atoms with Crippen LogP contribution in [0.5, 0.6) is 0 Å². The lowest BCUT2D eigenvalue weighted by atomic mass is 9.93. The first-order chi connectivity index (χ1) is 20.5. The summed E-state index contributed by atoms with van der Waals surface area (Å²) in [5.41, 5.74) is 7.18. The first kappa shape index (κ1) is 30.1. The van der Waals surface area contributed by atoms with Crippen molar-refractivity contribution in [2.45, 2.75) is 53.2 Å². The minimum Gasteiger partial charge on any atom is -0.444 e. The highest BCUT2D eigenvalue weighted by atomic mass is 35.5. The van der Waals surface area contributed by atoms with Crippen molar-refractivity contribution in [1.82, 2.24) is 14.9 Å². The number of thiazole rings is 1. The Balaban J connectivity index is 1.46. The maximum absolute atomic E-state index is 12.7. The van der Waals surface area contributed by atoms with Gasteiger partial charge in [-0.05, 0) is 81.1 Å². The number of amides is 1. The smallest absolute Gasteiger partial charge is 0.410 e. The Bertz CT molecular complexity index is 1810. The zero-order valence-electron chi connectivity index (χ0n) is 24.7. The van der Waals surface area contributed by atoms with Gasteiger partial charge in [0.2, 0.25) is 0 Å². The van der Waals surface area contributed by atoms with Crippen molar-refractivity contribution in [3.05, 3.63) is 91.7 Å². The number of carbonyl (C=O) groups excluding carboxylic acids is 2. The van der Waals surface area contributed by atoms with Gasteiger partial charge in [-0.1, -0.05) is 35.9 Å². The van der Waals surface area contributed by atoms with Gasteiger partial charge in [0.15, 0.2) is 0 Å². The molecule has 1 aliphatic rings. The Morgan fingerprint density at radius 2 is 1.88 bits per heavy atom. The largest absolute Gasteiger partial charge is 0.444 e. The fourth-order valence-electron chi connectivity index (χ4n) is 5.04. The number of carbonyl (C=O) groups is 2. The fourth-order valence-corrected chi connectivity index (χ4v) is 6.48. The lowest BCUT2D eigenvalue weighted by Crippen LogP contribution is -2.39. The highest BCUT2D eigenvalue weighted by Crippen LogP contribution is 2.38. The maximum Gasteiger partial charge on any atom is 0.410 e. The van der Waals surface area contributed by atoms with E-state index in [0.717, 1.165) is 55.2 Å². The minimum absolute atomic E-state index is 0.312. The van der Waals surface area contributed by atoms with Crippen LogP contribution in [-0.2, 0) is 17.7 Å². The molecule has 0 saturated carbocycles. The van der Waals surface area contributed by atoms with Crippen LogP contribution in [0.2, 0.25) is 5.02 Å². The molecule has 0 spiro atoms. The molecule has 0 bridgehead atoms. The van der Waals surface area contributed by atoms with Crippen molar-refractivity contribution in [3.8, 4) is 27.8 Å². The van der Waals surface area contributed by atoms with Crippen molar-refractivity contribution in [2.75, 3.05) is 6.54 Å². The second-order valence-corrected chi connectivity index (χ2v) is 12.9. The molecule has 0 N–H and O–H groups in total. The average Bonchev–Trinajstić information content (AvgIpc) is 3.39. The number of rotatable bonds is 5. The van der Waals surface area contributed by atoms with Crippen LogP contribution in [0.15, 0.2) is 42.6 Å². The number of aromatic nitrogens is 2. The molecule has 9 heteroatoms. The molecule has 0 atom stereocenters. The zero-order valence-corrected chi connectivity index (χ0v) is 26.3. The number of aldehydes is 1. The van der Waals surface area contributed by atoms with Crippen LogP contribution in [-0.4, -0.2) is 39.4 Å². The fraction of sp³-hybridized carbons (Fsp3) is 0.265. The predicted molar refractivity (Wildman–Crippen MR) is 171 cm³/mol. The van der Waals surface area contributed by atoms with E-state index in [1.807, 2.05) is 65.0 Å². The highest BCUT2D eigenvalue weighted by Gasteiger charge is 2.28. The summed E-state index contributed by atoms with van der Waals surface area (Å²) in [6.07, 6.45) is 6.41. The third-order valence-electron chi connectivity index (χ3n) is 7.26. The molecule has 0 aliphatic carbocycles. The summed E-state index contributed by atoms with van der Waals surface area (Å²) in [6, 6.07) is 13.7. The van der Waals surface area contributed by atoms with Crippen LogP contribution >= 0.6 is 22.9 Å². The van der Waals surface area contributed by atoms with E-state index in [9.17, 15) is 14.9 Å². The summed E-state index contributed by atoms with van der Waals surface area (Å²) in [5, 5.41) is 11.5. The topological polar surface area (TPSA) is 96.2 Å². The maximum atomic E-state index is 12.7. The second-order valence-electron chi connectivity index (χ2n) is 11.4. The number of pyridine rings is 1. The molecule has 0 saturated heterocycles. The SMILES string of the molecule is Cc1cc(/C=C/c2nccc(-c3cccc(-c4nc5c(s4)CN(C(=O)OC(C)(C)C)CC5)c3C)c2C#N)c(Cl)cc1C=O. The Morgan fingerprint density at radius 1 is 1.12 bits per heavy atom. The van der Waals surface area contributed by atoms with Crippen molar-refractivity contribution in [1.29, 1.82) is 5.26 Å². The van der Waals surface area contributed by atoms with E-state index in [0.29, 0.717) is 41.4 Å². The molecule has 218 valence electrons. The number of aryl methyl sites for hydroxylation is 1. The van der Waals surface area contributed by atoms with Crippen LogP contribution in [0.1, 0.15) is 69.6 Å². The highest BCUT2D eigenvalue weighted by molar-refractivity contribution is 7.15. The number of hydrogen-bond acceptors (Lipinski definition) is 7. The Hall–Kier alpha value is -4.32. The monoisotopic (exact) mass is 610 g/mol. The molecule has 5 rings (SSSR count). The summed E-state index contributed by atoms with van der Waals surface area (Å²) in [4.78, 5) is 36.1. The van der Waals surface area contributed by atoms with Crippen molar-refractivity contribution < 1.29 is 14.3 Å². The van der Waals surface area contributed by atoms with Gasteiger partial charge < -0.3 is 9.64 Å². The van der Waals surface area contributed by atoms with Gasteiger partial charge in [-0.25, -0.2) is 9.78 Å². The number of fused-ring (bicyclic) bond motifs is 1. The Kier molecular flexibility index (Phi) is 8.50. The van der Waals surface area contributed by atoms with Gasteiger partial charge in [-0.3, -0.25) is 9.78 Å². The summed E-state index contributed by atoms with van der Waals surface area (Å²) in [6.45, 7) is 10.5. The van der Waals surface area contributed by atoms with Crippen LogP contribution in [0.25, 0.3) is 33.9 Å². The van der Waals surface area contributed by atoms with Gasteiger partial charge in [0, 0.05) is 45.8 Å². The van der Waals surface area contributed by atoms with Gasteiger partial charge in [0.1, 0.15) is 23.0 Å². The lowest BCUT2D eigenvalue weighted by molar-refractivity contribution is 0.0225. The normalized spacial score (nSPS) is 13.1. The molecule has 7 nitrogen and oxygen atoms in total. The standard InChI is InChI=1S/C34H31ClN4O3S/c1-20-15-22(28(35)16-23(20)19-40)9-10-29-27(17-36)26(11-13-37-29)24-7-6-8-25(21(24)2)32-38-30-12-14-39(18-31(30)43-32)33(41)42-34(3,4)5/h6-11,13,15-16,19H,12,14,18H2,1-5H3/b10-9+. The molecule has 1 amide bonds. The van der Waals surface area contributed by atoms with E-state index in [1.165, 1.54) is 0 Å². The summed E-state index contributed by atoms with van der Waals surface area (Å²) in [7, 11) is 0. The summed E-state index contributed by atoms with van der Waals surface area (Å²) >= 11 is 7.99. The molecule has 0 fully saturated rings. The Morgan fingerprint density at radius 3 is 2.60 bits per heavy atom. The minimum atomic E-state index is -0.548. The van der Waals surface area contributed by atoms with E-state index in [2.05, 4.69) is 11.1 Å². The number of ether oxygens (including phenoxy) is 1. The summed E-state index contributed by atoms with van der Waals surface area (Å²) < 4.78 is 5.58. The van der Waals surface area contributed by atoms with Crippen LogP contribution in [0.4, 0.5) is 4.79 Å². The van der Waals surface area contributed by atoms with Crippen molar-refractivity contribution in [2.24, 2.45) is 0 Å². The first-order valence-corrected chi connectivity index (χ1v) is 15.1. The second kappa shape index (κ2) is 12.1. The van der Waals surface area contributed by atoms with Crippen molar-refractivity contribution >= 4 is 47.5 Å². The van der Waals surface area contributed by atoms with Gasteiger partial charge >= 0.3 is 6.09 Å². The molecule has 4 aromatic rings. The third kappa shape index (κ3) is 6.38. The number of benzene rings is 2. The molecular formula is C34H31ClN4O3S. The van der Waals surface area contributed by atoms with Gasteiger partial charge in [0.05, 0.1) is 23.5 Å². The van der Waals surface area contributed by atoms with Crippen molar-refractivity contribution in [3.63, 3.8) is 0 Å². The average molecular weight is 611 g/mol. The van der Waals surface area contributed by atoms with E-state index in [4.69, 9.17) is 21.3 Å². The van der Waals surface area contributed by atoms with Crippen LogP contribution in [0.3, 0.4) is 0 Å². The molecule has 2 aromatic heterocycles. The Labute approximate surface area is 260 Å². The molecule has 1 aliphatic heterocycles. The van der Waals surface area contributed by atoms with E-state index < -0.39 is 5.60 Å². The molecule has 0 radical (unpaired) electrons. The molecule has 43 heavy (non-hydrogen) atoms. The number of hydrogen-bond donors (Lipinski definition) is 0. The first-order valence-electron chi connectivity index (χ1n) is 13.9. The molecule has 2 aromatic carbocycles. The zero-order chi connectivity index (χ0) is 30.9. The molecule has 0 unspecified atom stereocenters. The van der Waals surface area contributed by atoms with Crippen LogP contribution in [0, 0.1) is 25.2 Å². The van der Waals surface area contributed by atoms with Gasteiger partial charge in [-0.15, -0.1) is 11.3 Å². The third-order valence-corrected chi connectivity index (χ3v) is 8.71. The van der Waals surface area contributed by atoms with E-state index >= 15 is 0 Å². The van der Waals surface area contributed by atoms with E-state index in [1.54, 1.807) is 40.7 Å². The molecule has 3 heterocycles.